The predicted octanol–water partition coefficient (Wildman–Crippen LogP) is 5.66. The summed E-state index contributed by atoms with van der Waals surface area (Å²) in [6, 6.07) is 18.5. The molecule has 3 heterocycles. The van der Waals surface area contributed by atoms with Crippen molar-refractivity contribution in [1.29, 1.82) is 0 Å². The summed E-state index contributed by atoms with van der Waals surface area (Å²) in [5.74, 6) is 0.871. The van der Waals surface area contributed by atoms with Crippen LogP contribution in [0.25, 0.3) is 10.9 Å². The second-order valence-electron chi connectivity index (χ2n) is 9.07. The lowest BCUT2D eigenvalue weighted by atomic mass is 10.1. The first-order valence-corrected chi connectivity index (χ1v) is 12.7. The van der Waals surface area contributed by atoms with E-state index in [4.69, 9.17) is 21.6 Å². The van der Waals surface area contributed by atoms with Crippen LogP contribution in [0.4, 0.5) is 17.3 Å². The van der Waals surface area contributed by atoms with Gasteiger partial charge in [-0.25, -0.2) is 9.97 Å². The molecular formula is C28H31ClN6. The smallest absolute Gasteiger partial charge is 0.225 e. The molecule has 4 aromatic rings. The van der Waals surface area contributed by atoms with Gasteiger partial charge in [0.2, 0.25) is 5.95 Å². The van der Waals surface area contributed by atoms with Crippen LogP contribution in [0.3, 0.4) is 0 Å². The SMILES string of the molecule is CCN1CCN(c2nc(C)cc(CCc3cccc(Nc4ccnc5cc(Cl)ccc45)c3)n2)CC1. The Bertz CT molecular complexity index is 1320. The van der Waals surface area contributed by atoms with Gasteiger partial charge in [0.1, 0.15) is 0 Å². The second kappa shape index (κ2) is 10.6. The number of fused-ring (bicyclic) bond motifs is 1. The summed E-state index contributed by atoms with van der Waals surface area (Å²) in [6.45, 7) is 9.50. The molecule has 0 atom stereocenters. The minimum Gasteiger partial charge on any atom is -0.355 e. The number of aromatic nitrogens is 3. The highest BCUT2D eigenvalue weighted by Crippen LogP contribution is 2.27. The molecule has 6 nitrogen and oxygen atoms in total. The summed E-state index contributed by atoms with van der Waals surface area (Å²) in [6.07, 6.45) is 3.61. The van der Waals surface area contributed by atoms with E-state index in [1.54, 1.807) is 0 Å². The van der Waals surface area contributed by atoms with Gasteiger partial charge in [0.15, 0.2) is 0 Å². The normalized spacial score (nSPS) is 14.4. The molecule has 0 aliphatic carbocycles. The van der Waals surface area contributed by atoms with E-state index < -0.39 is 0 Å². The minimum absolute atomic E-state index is 0.690. The number of hydrogen-bond donors (Lipinski definition) is 1. The molecule has 0 unspecified atom stereocenters. The van der Waals surface area contributed by atoms with Gasteiger partial charge in [0, 0.05) is 65.5 Å². The van der Waals surface area contributed by atoms with E-state index in [-0.39, 0.29) is 0 Å². The third-order valence-electron chi connectivity index (χ3n) is 6.58. The van der Waals surface area contributed by atoms with Gasteiger partial charge in [-0.1, -0.05) is 30.7 Å². The van der Waals surface area contributed by atoms with E-state index in [0.717, 1.165) is 85.2 Å². The van der Waals surface area contributed by atoms with Crippen molar-refractivity contribution in [2.24, 2.45) is 0 Å². The molecule has 180 valence electrons. The van der Waals surface area contributed by atoms with Crippen molar-refractivity contribution in [3.63, 3.8) is 0 Å². The number of nitrogens with one attached hydrogen (secondary N) is 1. The Morgan fingerprint density at radius 1 is 0.943 bits per heavy atom. The summed E-state index contributed by atoms with van der Waals surface area (Å²) in [7, 11) is 0. The molecule has 1 fully saturated rings. The Morgan fingerprint density at radius 3 is 2.63 bits per heavy atom. The Labute approximate surface area is 212 Å². The first kappa shape index (κ1) is 23.5. The largest absolute Gasteiger partial charge is 0.355 e. The summed E-state index contributed by atoms with van der Waals surface area (Å²) < 4.78 is 0. The molecule has 1 aliphatic heterocycles. The molecule has 35 heavy (non-hydrogen) atoms. The van der Waals surface area contributed by atoms with Crippen molar-refractivity contribution in [1.82, 2.24) is 19.9 Å². The molecular weight excluding hydrogens is 456 g/mol. The van der Waals surface area contributed by atoms with Gasteiger partial charge in [-0.15, -0.1) is 0 Å². The summed E-state index contributed by atoms with van der Waals surface area (Å²) >= 11 is 6.14. The number of pyridine rings is 1. The van der Waals surface area contributed by atoms with Crippen LogP contribution in [-0.2, 0) is 12.8 Å². The van der Waals surface area contributed by atoms with Gasteiger partial charge in [0.05, 0.1) is 5.52 Å². The molecule has 0 amide bonds. The minimum atomic E-state index is 0.690. The van der Waals surface area contributed by atoms with E-state index in [2.05, 4.69) is 64.3 Å². The van der Waals surface area contributed by atoms with Crippen molar-refractivity contribution in [3.05, 3.63) is 82.8 Å². The predicted molar refractivity (Wildman–Crippen MR) is 145 cm³/mol. The molecule has 0 bridgehead atoms. The topological polar surface area (TPSA) is 57.2 Å². The Hall–Kier alpha value is -3.22. The fourth-order valence-corrected chi connectivity index (χ4v) is 4.78. The standard InChI is InChI=1S/C28H31ClN6/c1-3-34-13-15-35(16-14-34)28-31-20(2)17-24(33-28)9-7-21-5-4-6-23(18-21)32-26-11-12-30-27-19-22(29)8-10-25(26)27/h4-6,8,10-12,17-19H,3,7,9,13-16H2,1-2H3,(H,30,32). The molecule has 0 spiro atoms. The zero-order chi connectivity index (χ0) is 24.2. The van der Waals surface area contributed by atoms with Gasteiger partial charge in [-0.2, -0.15) is 0 Å². The van der Waals surface area contributed by atoms with Crippen LogP contribution in [-0.4, -0.2) is 52.6 Å². The van der Waals surface area contributed by atoms with Crippen molar-refractivity contribution < 1.29 is 0 Å². The monoisotopic (exact) mass is 486 g/mol. The van der Waals surface area contributed by atoms with Crippen molar-refractivity contribution >= 4 is 39.8 Å². The molecule has 1 N–H and O–H groups in total. The second-order valence-corrected chi connectivity index (χ2v) is 9.50. The lowest BCUT2D eigenvalue weighted by Crippen LogP contribution is -2.46. The maximum atomic E-state index is 6.14. The molecule has 2 aromatic heterocycles. The van der Waals surface area contributed by atoms with Crippen LogP contribution < -0.4 is 10.2 Å². The van der Waals surface area contributed by atoms with Gasteiger partial charge in [-0.3, -0.25) is 4.98 Å². The Balaban J connectivity index is 1.27. The van der Waals surface area contributed by atoms with Gasteiger partial charge >= 0.3 is 0 Å². The zero-order valence-corrected chi connectivity index (χ0v) is 21.1. The Kier molecular flexibility index (Phi) is 7.11. The Morgan fingerprint density at radius 2 is 1.80 bits per heavy atom. The molecule has 0 radical (unpaired) electrons. The number of hydrogen-bond acceptors (Lipinski definition) is 6. The summed E-state index contributed by atoms with van der Waals surface area (Å²) in [5.41, 5.74) is 6.35. The highest BCUT2D eigenvalue weighted by Gasteiger charge is 2.18. The molecule has 7 heteroatoms. The van der Waals surface area contributed by atoms with E-state index in [0.29, 0.717) is 5.02 Å². The van der Waals surface area contributed by atoms with Crippen molar-refractivity contribution in [3.8, 4) is 0 Å². The number of benzene rings is 2. The third kappa shape index (κ3) is 5.72. The summed E-state index contributed by atoms with van der Waals surface area (Å²) in [5, 5.41) is 5.29. The summed E-state index contributed by atoms with van der Waals surface area (Å²) in [4.78, 5) is 18.9. The average molecular weight is 487 g/mol. The van der Waals surface area contributed by atoms with Crippen LogP contribution in [0, 0.1) is 6.92 Å². The maximum Gasteiger partial charge on any atom is 0.225 e. The number of rotatable bonds is 7. The van der Waals surface area contributed by atoms with Crippen molar-refractivity contribution in [2.45, 2.75) is 26.7 Å². The highest BCUT2D eigenvalue weighted by molar-refractivity contribution is 6.31. The van der Waals surface area contributed by atoms with E-state index in [9.17, 15) is 0 Å². The van der Waals surface area contributed by atoms with Gasteiger partial charge in [0.25, 0.3) is 0 Å². The third-order valence-corrected chi connectivity index (χ3v) is 6.81. The lowest BCUT2D eigenvalue weighted by Gasteiger charge is -2.34. The van der Waals surface area contributed by atoms with Crippen LogP contribution in [0.5, 0.6) is 0 Å². The van der Waals surface area contributed by atoms with Gasteiger partial charge in [-0.05, 0) is 74.3 Å². The number of halogens is 1. The molecule has 2 aromatic carbocycles. The fourth-order valence-electron chi connectivity index (χ4n) is 4.61. The molecule has 1 aliphatic rings. The van der Waals surface area contributed by atoms with Crippen molar-refractivity contribution in [2.75, 3.05) is 42.9 Å². The molecule has 1 saturated heterocycles. The molecule has 0 saturated carbocycles. The van der Waals surface area contributed by atoms with Crippen LogP contribution in [0.2, 0.25) is 5.02 Å². The lowest BCUT2D eigenvalue weighted by molar-refractivity contribution is 0.270. The van der Waals surface area contributed by atoms with Crippen LogP contribution >= 0.6 is 11.6 Å². The number of anilines is 3. The highest BCUT2D eigenvalue weighted by atomic mass is 35.5. The van der Waals surface area contributed by atoms with E-state index in [1.165, 1.54) is 5.56 Å². The van der Waals surface area contributed by atoms with E-state index in [1.807, 2.05) is 30.5 Å². The number of aryl methyl sites for hydroxylation is 3. The quantitative estimate of drug-likeness (QED) is 0.364. The number of nitrogens with zero attached hydrogens (tertiary/aromatic N) is 5. The first-order chi connectivity index (χ1) is 17.1. The fraction of sp³-hybridized carbons (Fsp3) is 0.321. The van der Waals surface area contributed by atoms with Crippen LogP contribution in [0.15, 0.2) is 60.8 Å². The van der Waals surface area contributed by atoms with E-state index >= 15 is 0 Å². The number of piperazine rings is 1. The molecule has 5 rings (SSSR count). The zero-order valence-electron chi connectivity index (χ0n) is 20.3. The van der Waals surface area contributed by atoms with Gasteiger partial charge < -0.3 is 15.1 Å². The first-order valence-electron chi connectivity index (χ1n) is 12.3. The number of likely N-dealkylation sites (N-methyl/N-ethyl adjacent to an activating group) is 1. The average Bonchev–Trinajstić information content (AvgIpc) is 2.87. The van der Waals surface area contributed by atoms with Crippen LogP contribution in [0.1, 0.15) is 23.9 Å². The maximum absolute atomic E-state index is 6.14.